The lowest BCUT2D eigenvalue weighted by Crippen LogP contribution is -2.06. The summed E-state index contributed by atoms with van der Waals surface area (Å²) < 4.78 is 0. The number of unbranched alkanes of at least 4 members (excludes halogenated alkanes) is 4. The highest BCUT2D eigenvalue weighted by molar-refractivity contribution is 7.09. The third kappa shape index (κ3) is 7.56. The fraction of sp³-hybridized carbons (Fsp3) is 0.733. The highest BCUT2D eigenvalue weighted by atomic mass is 32.1. The molecule has 0 radical (unpaired) electrons. The van der Waals surface area contributed by atoms with Crippen LogP contribution in [0.5, 0.6) is 0 Å². The molecule has 0 bridgehead atoms. The van der Waals surface area contributed by atoms with E-state index in [0.717, 1.165) is 25.7 Å². The Morgan fingerprint density at radius 2 is 1.88 bits per heavy atom. The van der Waals surface area contributed by atoms with E-state index in [2.05, 4.69) is 24.4 Å². The van der Waals surface area contributed by atoms with Crippen LogP contribution in [-0.2, 0) is 6.42 Å². The largest absolute Gasteiger partial charge is 0.393 e. The Morgan fingerprint density at radius 3 is 2.59 bits per heavy atom. The highest BCUT2D eigenvalue weighted by Gasteiger charge is 2.04. The summed E-state index contributed by atoms with van der Waals surface area (Å²) in [6.07, 6.45) is 10.6. The van der Waals surface area contributed by atoms with Gasteiger partial charge < -0.3 is 5.11 Å². The molecule has 0 aliphatic rings. The van der Waals surface area contributed by atoms with E-state index in [-0.39, 0.29) is 6.10 Å². The lowest BCUT2D eigenvalue weighted by Gasteiger charge is -2.09. The van der Waals surface area contributed by atoms with Crippen molar-refractivity contribution in [3.8, 4) is 0 Å². The van der Waals surface area contributed by atoms with E-state index in [9.17, 15) is 5.11 Å². The van der Waals surface area contributed by atoms with Gasteiger partial charge in [-0.1, -0.05) is 45.1 Å². The standard InChI is InChI=1S/C15H26OS/c1-2-3-4-5-6-9-14(16)10-7-11-15-12-8-13-17-15/h8,12-14,16H,2-7,9-11H2,1H3. The summed E-state index contributed by atoms with van der Waals surface area (Å²) in [6.45, 7) is 2.24. The van der Waals surface area contributed by atoms with E-state index in [0.29, 0.717) is 0 Å². The molecule has 1 N–H and O–H groups in total. The first-order valence-corrected chi connectivity index (χ1v) is 7.91. The number of rotatable bonds is 10. The molecule has 0 spiro atoms. The molecule has 0 saturated carbocycles. The van der Waals surface area contributed by atoms with Gasteiger partial charge in [0.1, 0.15) is 0 Å². The molecule has 1 rings (SSSR count). The fourth-order valence-corrected chi connectivity index (χ4v) is 2.85. The van der Waals surface area contributed by atoms with Crippen molar-refractivity contribution in [1.82, 2.24) is 0 Å². The first-order valence-electron chi connectivity index (χ1n) is 7.03. The third-order valence-corrected chi connectivity index (χ3v) is 4.12. The van der Waals surface area contributed by atoms with Crippen molar-refractivity contribution in [3.63, 3.8) is 0 Å². The van der Waals surface area contributed by atoms with Gasteiger partial charge in [0.25, 0.3) is 0 Å². The molecule has 0 saturated heterocycles. The van der Waals surface area contributed by atoms with Crippen molar-refractivity contribution in [3.05, 3.63) is 22.4 Å². The molecule has 1 unspecified atom stereocenters. The van der Waals surface area contributed by atoms with Gasteiger partial charge in [0.05, 0.1) is 6.10 Å². The molecule has 98 valence electrons. The topological polar surface area (TPSA) is 20.2 Å². The van der Waals surface area contributed by atoms with E-state index in [1.54, 1.807) is 0 Å². The number of aliphatic hydroxyl groups excluding tert-OH is 1. The molecule has 1 nitrogen and oxygen atoms in total. The number of hydrogen-bond donors (Lipinski definition) is 1. The summed E-state index contributed by atoms with van der Waals surface area (Å²) in [4.78, 5) is 1.44. The summed E-state index contributed by atoms with van der Waals surface area (Å²) in [7, 11) is 0. The van der Waals surface area contributed by atoms with Gasteiger partial charge >= 0.3 is 0 Å². The summed E-state index contributed by atoms with van der Waals surface area (Å²) in [5.41, 5.74) is 0. The summed E-state index contributed by atoms with van der Waals surface area (Å²) in [5.74, 6) is 0. The molecule has 0 aliphatic carbocycles. The van der Waals surface area contributed by atoms with Gasteiger partial charge in [0.2, 0.25) is 0 Å². The van der Waals surface area contributed by atoms with Crippen LogP contribution in [0.15, 0.2) is 17.5 Å². The van der Waals surface area contributed by atoms with Gasteiger partial charge in [0, 0.05) is 4.88 Å². The average Bonchev–Trinajstić information content (AvgIpc) is 2.82. The van der Waals surface area contributed by atoms with E-state index in [4.69, 9.17) is 0 Å². The maximum atomic E-state index is 9.84. The molecule has 0 aliphatic heterocycles. The molecule has 1 aromatic rings. The Kier molecular flexibility index (Phi) is 8.37. The van der Waals surface area contributed by atoms with Crippen LogP contribution in [0.25, 0.3) is 0 Å². The first-order chi connectivity index (χ1) is 8.33. The third-order valence-electron chi connectivity index (χ3n) is 3.18. The van der Waals surface area contributed by atoms with Crippen molar-refractivity contribution >= 4 is 11.3 Å². The second-order valence-electron chi connectivity index (χ2n) is 4.83. The molecule has 1 aromatic heterocycles. The molecule has 0 amide bonds. The summed E-state index contributed by atoms with van der Waals surface area (Å²) >= 11 is 1.82. The summed E-state index contributed by atoms with van der Waals surface area (Å²) in [5, 5.41) is 12.0. The van der Waals surface area contributed by atoms with Gasteiger partial charge in [-0.15, -0.1) is 11.3 Å². The van der Waals surface area contributed by atoms with E-state index >= 15 is 0 Å². The molecule has 0 aromatic carbocycles. The number of thiophene rings is 1. The second kappa shape index (κ2) is 9.67. The van der Waals surface area contributed by atoms with Crippen LogP contribution < -0.4 is 0 Å². The highest BCUT2D eigenvalue weighted by Crippen LogP contribution is 2.15. The molecular formula is C15H26OS. The smallest absolute Gasteiger partial charge is 0.0540 e. The first kappa shape index (κ1) is 14.7. The number of aryl methyl sites for hydroxylation is 1. The van der Waals surface area contributed by atoms with Crippen molar-refractivity contribution < 1.29 is 5.11 Å². The van der Waals surface area contributed by atoms with Crippen LogP contribution in [0, 0.1) is 0 Å². The van der Waals surface area contributed by atoms with Crippen LogP contribution in [-0.4, -0.2) is 11.2 Å². The van der Waals surface area contributed by atoms with Gasteiger partial charge in [0.15, 0.2) is 0 Å². The van der Waals surface area contributed by atoms with Crippen LogP contribution in [0.3, 0.4) is 0 Å². The molecule has 1 atom stereocenters. The lowest BCUT2D eigenvalue weighted by molar-refractivity contribution is 0.148. The quantitative estimate of drug-likeness (QED) is 0.595. The van der Waals surface area contributed by atoms with Crippen molar-refractivity contribution in [1.29, 1.82) is 0 Å². The number of hydrogen-bond acceptors (Lipinski definition) is 2. The second-order valence-corrected chi connectivity index (χ2v) is 5.86. The van der Waals surface area contributed by atoms with Gasteiger partial charge in [-0.2, -0.15) is 0 Å². The molecule has 1 heterocycles. The molecule has 0 fully saturated rings. The van der Waals surface area contributed by atoms with Crippen LogP contribution in [0.1, 0.15) is 63.2 Å². The zero-order valence-corrected chi connectivity index (χ0v) is 11.8. The zero-order chi connectivity index (χ0) is 12.3. The minimum Gasteiger partial charge on any atom is -0.393 e. The van der Waals surface area contributed by atoms with E-state index in [1.807, 2.05) is 11.3 Å². The molecule has 17 heavy (non-hydrogen) atoms. The van der Waals surface area contributed by atoms with Crippen molar-refractivity contribution in [2.45, 2.75) is 70.8 Å². The Balaban J connectivity index is 1.92. The van der Waals surface area contributed by atoms with Gasteiger partial charge in [-0.25, -0.2) is 0 Å². The SMILES string of the molecule is CCCCCCCC(O)CCCc1cccs1. The monoisotopic (exact) mass is 254 g/mol. The van der Waals surface area contributed by atoms with E-state index < -0.39 is 0 Å². The minimum atomic E-state index is -0.0726. The molecule has 2 heteroatoms. The van der Waals surface area contributed by atoms with Gasteiger partial charge in [-0.3, -0.25) is 0 Å². The van der Waals surface area contributed by atoms with Crippen LogP contribution in [0.2, 0.25) is 0 Å². The maximum Gasteiger partial charge on any atom is 0.0540 e. The van der Waals surface area contributed by atoms with Crippen LogP contribution in [0.4, 0.5) is 0 Å². The average molecular weight is 254 g/mol. The molecular weight excluding hydrogens is 228 g/mol. The minimum absolute atomic E-state index is 0.0726. The van der Waals surface area contributed by atoms with Crippen molar-refractivity contribution in [2.75, 3.05) is 0 Å². The normalized spacial score (nSPS) is 12.8. The Morgan fingerprint density at radius 1 is 1.12 bits per heavy atom. The fourth-order valence-electron chi connectivity index (χ4n) is 2.09. The van der Waals surface area contributed by atoms with Gasteiger partial charge in [-0.05, 0) is 37.1 Å². The maximum absolute atomic E-state index is 9.84. The Bertz CT molecular complexity index is 256. The Hall–Kier alpha value is -0.340. The lowest BCUT2D eigenvalue weighted by atomic mass is 10.0. The van der Waals surface area contributed by atoms with E-state index in [1.165, 1.54) is 37.0 Å². The van der Waals surface area contributed by atoms with Crippen molar-refractivity contribution in [2.24, 2.45) is 0 Å². The van der Waals surface area contributed by atoms with Crippen LogP contribution >= 0.6 is 11.3 Å². The Labute approximate surface area is 110 Å². The predicted molar refractivity (Wildman–Crippen MR) is 76.6 cm³/mol. The number of aliphatic hydroxyl groups is 1. The zero-order valence-electron chi connectivity index (χ0n) is 11.0. The summed E-state index contributed by atoms with van der Waals surface area (Å²) in [6, 6.07) is 4.28. The predicted octanol–water partition coefficient (Wildman–Crippen LogP) is 4.79.